The van der Waals surface area contributed by atoms with Gasteiger partial charge in [0.2, 0.25) is 0 Å². The first-order valence-corrected chi connectivity index (χ1v) is 8.03. The van der Waals surface area contributed by atoms with Gasteiger partial charge in [0.25, 0.3) is 0 Å². The average molecular weight is 292 g/mol. The molecule has 18 heavy (non-hydrogen) atoms. The van der Waals surface area contributed by atoms with Gasteiger partial charge in [0, 0.05) is 17.6 Å². The molecular formula is C12H15ClFNO2S. The Morgan fingerprint density at radius 1 is 1.39 bits per heavy atom. The second-order valence-electron chi connectivity index (χ2n) is 4.61. The van der Waals surface area contributed by atoms with Gasteiger partial charge >= 0.3 is 0 Å². The Morgan fingerprint density at radius 3 is 2.83 bits per heavy atom. The fraction of sp³-hybridized carbons (Fsp3) is 0.500. The summed E-state index contributed by atoms with van der Waals surface area (Å²) in [5.74, 6) is 0.0584. The maximum absolute atomic E-state index is 13.1. The highest BCUT2D eigenvalue weighted by Crippen LogP contribution is 2.16. The fourth-order valence-electron chi connectivity index (χ4n) is 2.16. The average Bonchev–Trinajstić information content (AvgIpc) is 2.24. The van der Waals surface area contributed by atoms with Gasteiger partial charge in [0.15, 0.2) is 9.84 Å². The van der Waals surface area contributed by atoms with Crippen molar-refractivity contribution < 1.29 is 12.8 Å². The molecule has 100 valence electrons. The Hall–Kier alpha value is -0.650. The van der Waals surface area contributed by atoms with Crippen LogP contribution in [0.1, 0.15) is 18.4 Å². The number of sulfone groups is 1. The topological polar surface area (TPSA) is 46.2 Å². The van der Waals surface area contributed by atoms with Gasteiger partial charge in [-0.15, -0.1) is 0 Å². The van der Waals surface area contributed by atoms with E-state index in [0.717, 1.165) is 12.0 Å². The van der Waals surface area contributed by atoms with Gasteiger partial charge in [-0.25, -0.2) is 12.8 Å². The molecule has 0 amide bonds. The van der Waals surface area contributed by atoms with Crippen LogP contribution in [0.2, 0.25) is 5.02 Å². The smallest absolute Gasteiger partial charge is 0.151 e. The fourth-order valence-corrected chi connectivity index (χ4v) is 4.07. The number of hydrogen-bond donors (Lipinski definition) is 1. The molecule has 6 heteroatoms. The lowest BCUT2D eigenvalue weighted by atomic mass is 10.1. The SMILES string of the molecule is O=S1(=O)CCCC(NCc2cc(F)cc(Cl)c2)C1. The van der Waals surface area contributed by atoms with Crippen LogP contribution in [0.4, 0.5) is 4.39 Å². The number of benzene rings is 1. The molecule has 2 rings (SSSR count). The van der Waals surface area contributed by atoms with E-state index in [1.807, 2.05) is 0 Å². The Kier molecular flexibility index (Phi) is 4.25. The number of nitrogens with one attached hydrogen (secondary N) is 1. The van der Waals surface area contributed by atoms with Crippen LogP contribution in [0.3, 0.4) is 0 Å². The van der Waals surface area contributed by atoms with Gasteiger partial charge in [0.1, 0.15) is 5.82 Å². The van der Waals surface area contributed by atoms with Crippen molar-refractivity contribution >= 4 is 21.4 Å². The lowest BCUT2D eigenvalue weighted by molar-refractivity contribution is 0.479. The van der Waals surface area contributed by atoms with Crippen molar-refractivity contribution in [1.82, 2.24) is 5.32 Å². The number of rotatable bonds is 3. The van der Waals surface area contributed by atoms with Crippen molar-refractivity contribution in [3.05, 3.63) is 34.6 Å². The van der Waals surface area contributed by atoms with Crippen LogP contribution >= 0.6 is 11.6 Å². The highest BCUT2D eigenvalue weighted by molar-refractivity contribution is 7.91. The highest BCUT2D eigenvalue weighted by Gasteiger charge is 2.24. The quantitative estimate of drug-likeness (QED) is 0.928. The lowest BCUT2D eigenvalue weighted by Gasteiger charge is -2.23. The zero-order valence-electron chi connectivity index (χ0n) is 9.83. The van der Waals surface area contributed by atoms with Crippen LogP contribution in [0.15, 0.2) is 18.2 Å². The van der Waals surface area contributed by atoms with Crippen LogP contribution in [0, 0.1) is 5.82 Å². The van der Waals surface area contributed by atoms with E-state index < -0.39 is 9.84 Å². The first-order valence-electron chi connectivity index (χ1n) is 5.83. The Labute approximate surface area is 111 Å². The van der Waals surface area contributed by atoms with E-state index in [1.54, 1.807) is 6.07 Å². The van der Waals surface area contributed by atoms with Gasteiger partial charge < -0.3 is 5.32 Å². The van der Waals surface area contributed by atoms with E-state index in [4.69, 9.17) is 11.6 Å². The monoisotopic (exact) mass is 291 g/mol. The first kappa shape index (κ1) is 13.8. The van der Waals surface area contributed by atoms with E-state index in [0.29, 0.717) is 18.0 Å². The lowest BCUT2D eigenvalue weighted by Crippen LogP contribution is -2.39. The minimum Gasteiger partial charge on any atom is -0.309 e. The molecule has 0 spiro atoms. The third-order valence-electron chi connectivity index (χ3n) is 2.98. The van der Waals surface area contributed by atoms with Crippen LogP contribution in [-0.4, -0.2) is 26.0 Å². The van der Waals surface area contributed by atoms with Crippen molar-refractivity contribution in [3.63, 3.8) is 0 Å². The Bertz CT molecular complexity index is 513. The van der Waals surface area contributed by atoms with Gasteiger partial charge in [-0.05, 0) is 36.6 Å². The molecule has 1 aliphatic heterocycles. The highest BCUT2D eigenvalue weighted by atomic mass is 35.5. The predicted octanol–water partition coefficient (Wildman–Crippen LogP) is 2.15. The van der Waals surface area contributed by atoms with E-state index in [9.17, 15) is 12.8 Å². The molecule has 0 bridgehead atoms. The Morgan fingerprint density at radius 2 is 2.17 bits per heavy atom. The summed E-state index contributed by atoms with van der Waals surface area (Å²) in [4.78, 5) is 0. The van der Waals surface area contributed by atoms with Gasteiger partial charge in [-0.3, -0.25) is 0 Å². The molecule has 1 fully saturated rings. The van der Waals surface area contributed by atoms with Gasteiger partial charge in [-0.2, -0.15) is 0 Å². The molecule has 1 saturated heterocycles. The molecule has 0 saturated carbocycles. The summed E-state index contributed by atoms with van der Waals surface area (Å²) in [5.41, 5.74) is 0.725. The molecule has 1 atom stereocenters. The second-order valence-corrected chi connectivity index (χ2v) is 7.28. The van der Waals surface area contributed by atoms with Crippen molar-refractivity contribution in [2.24, 2.45) is 0 Å². The summed E-state index contributed by atoms with van der Waals surface area (Å²) in [6.07, 6.45) is 1.52. The van der Waals surface area contributed by atoms with Gasteiger partial charge in [0.05, 0.1) is 11.5 Å². The first-order chi connectivity index (χ1) is 8.44. The molecule has 1 unspecified atom stereocenters. The third kappa shape index (κ3) is 3.93. The summed E-state index contributed by atoms with van der Waals surface area (Å²) in [5, 5.41) is 3.49. The number of hydrogen-bond acceptors (Lipinski definition) is 3. The predicted molar refractivity (Wildman–Crippen MR) is 69.9 cm³/mol. The maximum atomic E-state index is 13.1. The van der Waals surface area contributed by atoms with Crippen LogP contribution in [-0.2, 0) is 16.4 Å². The van der Waals surface area contributed by atoms with Gasteiger partial charge in [-0.1, -0.05) is 11.6 Å². The van der Waals surface area contributed by atoms with Crippen LogP contribution in [0.25, 0.3) is 0 Å². The van der Waals surface area contributed by atoms with E-state index in [1.165, 1.54) is 12.1 Å². The molecule has 0 radical (unpaired) electrons. The summed E-state index contributed by atoms with van der Waals surface area (Å²) in [6.45, 7) is 0.428. The van der Waals surface area contributed by atoms with E-state index in [2.05, 4.69) is 5.32 Å². The number of halogens is 2. The third-order valence-corrected chi connectivity index (χ3v) is 5.02. The molecule has 1 heterocycles. The molecule has 1 N–H and O–H groups in total. The molecule has 3 nitrogen and oxygen atoms in total. The largest absolute Gasteiger partial charge is 0.309 e. The minimum atomic E-state index is -2.92. The maximum Gasteiger partial charge on any atom is 0.151 e. The Balaban J connectivity index is 1.95. The molecular weight excluding hydrogens is 277 g/mol. The minimum absolute atomic E-state index is 0.0502. The van der Waals surface area contributed by atoms with E-state index in [-0.39, 0.29) is 23.4 Å². The van der Waals surface area contributed by atoms with Crippen LogP contribution in [0.5, 0.6) is 0 Å². The van der Waals surface area contributed by atoms with Crippen molar-refractivity contribution in [3.8, 4) is 0 Å². The molecule has 0 aromatic heterocycles. The zero-order valence-corrected chi connectivity index (χ0v) is 11.4. The molecule has 1 aliphatic rings. The van der Waals surface area contributed by atoms with Crippen molar-refractivity contribution in [2.45, 2.75) is 25.4 Å². The standard InChI is InChI=1S/C12H15ClFNO2S/c13-10-4-9(5-11(14)6-10)7-15-12-2-1-3-18(16,17)8-12/h4-6,12,15H,1-3,7-8H2. The van der Waals surface area contributed by atoms with Crippen molar-refractivity contribution in [2.75, 3.05) is 11.5 Å². The summed E-state index contributed by atoms with van der Waals surface area (Å²) in [6, 6.07) is 4.27. The summed E-state index contributed by atoms with van der Waals surface area (Å²) < 4.78 is 36.0. The van der Waals surface area contributed by atoms with Crippen LogP contribution < -0.4 is 5.32 Å². The summed E-state index contributed by atoms with van der Waals surface area (Å²) >= 11 is 5.75. The zero-order chi connectivity index (χ0) is 13.2. The van der Waals surface area contributed by atoms with E-state index >= 15 is 0 Å². The summed E-state index contributed by atoms with van der Waals surface area (Å²) in [7, 11) is -2.92. The molecule has 1 aromatic carbocycles. The second kappa shape index (κ2) is 5.55. The molecule has 0 aliphatic carbocycles. The normalized spacial score (nSPS) is 22.9. The molecule has 1 aromatic rings. The van der Waals surface area contributed by atoms with Crippen molar-refractivity contribution in [1.29, 1.82) is 0 Å².